The minimum Gasteiger partial charge on any atom is -0.457 e. The van der Waals surface area contributed by atoms with E-state index in [0.717, 1.165) is 11.1 Å². The van der Waals surface area contributed by atoms with Gasteiger partial charge in [0.05, 0.1) is 34.8 Å². The highest BCUT2D eigenvalue weighted by atomic mass is 32.2. The number of carbonyl (C=O) groups is 1. The molecule has 1 N–H and O–H groups in total. The maximum Gasteiger partial charge on any atom is 0.410 e. The molecule has 10 heteroatoms. The summed E-state index contributed by atoms with van der Waals surface area (Å²) in [5, 5.41) is 0. The number of aromatic nitrogens is 3. The number of benzene rings is 2. The number of ether oxygens (including phenoxy) is 2. The highest BCUT2D eigenvalue weighted by molar-refractivity contribution is 7.91. The number of nitrogens with one attached hydrogen (secondary N) is 1. The molecule has 0 atom stereocenters. The number of nitrogens with zero attached hydrogens (tertiary/aromatic N) is 3. The van der Waals surface area contributed by atoms with Crippen LogP contribution in [-0.4, -0.2) is 53.3 Å². The first-order chi connectivity index (χ1) is 16.4. The molecule has 0 aliphatic carbocycles. The van der Waals surface area contributed by atoms with E-state index in [-0.39, 0.29) is 16.7 Å². The summed E-state index contributed by atoms with van der Waals surface area (Å²) in [5.74, 6) is 1.65. The molecule has 174 valence electrons. The number of aromatic amines is 1. The van der Waals surface area contributed by atoms with Crippen LogP contribution in [0.15, 0.2) is 65.7 Å². The first-order valence-corrected chi connectivity index (χ1v) is 12.4. The monoisotopic (exact) mass is 478 g/mol. The van der Waals surface area contributed by atoms with Crippen LogP contribution in [0.2, 0.25) is 0 Å². The molecule has 4 aromatic rings. The van der Waals surface area contributed by atoms with Gasteiger partial charge in [-0.05, 0) is 42.5 Å². The van der Waals surface area contributed by atoms with Crippen molar-refractivity contribution in [1.29, 1.82) is 0 Å². The second-order valence-corrected chi connectivity index (χ2v) is 10.1. The number of hydrogen-bond donors (Lipinski definition) is 1. The number of amides is 1. The van der Waals surface area contributed by atoms with Crippen LogP contribution in [0.25, 0.3) is 22.6 Å². The average Bonchev–Trinajstić information content (AvgIpc) is 3.46. The zero-order valence-corrected chi connectivity index (χ0v) is 19.2. The fraction of sp³-hybridized carbons (Fsp3) is 0.208. The van der Waals surface area contributed by atoms with Crippen molar-refractivity contribution in [3.63, 3.8) is 0 Å². The number of carbonyl (C=O) groups excluding carboxylic acids is 1. The second kappa shape index (κ2) is 8.79. The predicted octanol–water partition coefficient (Wildman–Crippen LogP) is 4.16. The third-order valence-corrected chi connectivity index (χ3v) is 7.30. The molecule has 1 aliphatic rings. The van der Waals surface area contributed by atoms with Crippen molar-refractivity contribution >= 4 is 27.0 Å². The Morgan fingerprint density at radius 2 is 1.94 bits per heavy atom. The van der Waals surface area contributed by atoms with Crippen LogP contribution in [0.3, 0.4) is 0 Å². The van der Waals surface area contributed by atoms with E-state index in [1.54, 1.807) is 30.2 Å². The van der Waals surface area contributed by atoms with Gasteiger partial charge in [0, 0.05) is 17.8 Å². The highest BCUT2D eigenvalue weighted by Gasteiger charge is 2.24. The normalized spacial score (nSPS) is 13.9. The van der Waals surface area contributed by atoms with E-state index >= 15 is 0 Å². The van der Waals surface area contributed by atoms with Gasteiger partial charge >= 0.3 is 6.09 Å². The van der Waals surface area contributed by atoms with E-state index in [4.69, 9.17) is 14.5 Å². The first-order valence-electron chi connectivity index (χ1n) is 10.8. The molecule has 0 spiro atoms. The summed E-state index contributed by atoms with van der Waals surface area (Å²) in [4.78, 5) is 26.3. The Bertz CT molecular complexity index is 1450. The Kier molecular flexibility index (Phi) is 5.66. The molecule has 0 saturated carbocycles. The Labute approximate surface area is 196 Å². The Morgan fingerprint density at radius 1 is 1.12 bits per heavy atom. The zero-order chi connectivity index (χ0) is 23.7. The molecule has 1 fully saturated rings. The third kappa shape index (κ3) is 4.32. The lowest BCUT2D eigenvalue weighted by Crippen LogP contribution is -2.23. The maximum atomic E-state index is 12.1. The molecule has 1 saturated heterocycles. The quantitative estimate of drug-likeness (QED) is 0.424. The number of sulfone groups is 1. The van der Waals surface area contributed by atoms with E-state index in [0.29, 0.717) is 48.2 Å². The van der Waals surface area contributed by atoms with E-state index < -0.39 is 9.84 Å². The Hall–Kier alpha value is -3.92. The standard InChI is InChI=1S/C24H22N4O5S/c1-2-34(30,31)19-8-6-17(7-9-19)33-18-13-16(15-28-11-12-32-24(28)29)22-21(14-18)26-23(27-22)20-5-3-4-10-25-20/h3-10,13-14H,2,11-12,15H2,1H3,(H,26,27). The van der Waals surface area contributed by atoms with Gasteiger partial charge in [-0.3, -0.25) is 4.98 Å². The van der Waals surface area contributed by atoms with Crippen molar-refractivity contribution < 1.29 is 22.7 Å². The van der Waals surface area contributed by atoms with Crippen LogP contribution in [0, 0.1) is 0 Å². The number of rotatable bonds is 7. The fourth-order valence-corrected chi connectivity index (χ4v) is 4.64. The zero-order valence-electron chi connectivity index (χ0n) is 18.4. The summed E-state index contributed by atoms with van der Waals surface area (Å²) in [7, 11) is -3.29. The molecule has 3 heterocycles. The van der Waals surface area contributed by atoms with E-state index in [9.17, 15) is 13.2 Å². The molecule has 34 heavy (non-hydrogen) atoms. The summed E-state index contributed by atoms with van der Waals surface area (Å²) < 4.78 is 35.3. The predicted molar refractivity (Wildman–Crippen MR) is 125 cm³/mol. The van der Waals surface area contributed by atoms with Crippen LogP contribution >= 0.6 is 0 Å². The van der Waals surface area contributed by atoms with Crippen LogP contribution < -0.4 is 4.74 Å². The molecule has 2 aromatic heterocycles. The number of imidazole rings is 1. The van der Waals surface area contributed by atoms with Gasteiger partial charge in [-0.25, -0.2) is 18.2 Å². The smallest absolute Gasteiger partial charge is 0.410 e. The SMILES string of the molecule is CCS(=O)(=O)c1ccc(Oc2cc(CN3CCOC3=O)c3nc(-c4ccccn4)[nH]c3c2)cc1. The summed E-state index contributed by atoms with van der Waals surface area (Å²) in [6.45, 7) is 2.77. The summed E-state index contributed by atoms with van der Waals surface area (Å²) in [5.41, 5.74) is 2.92. The lowest BCUT2D eigenvalue weighted by Gasteiger charge is -2.14. The molecular formula is C24H22N4O5S. The lowest BCUT2D eigenvalue weighted by molar-refractivity contribution is 0.157. The molecule has 0 unspecified atom stereocenters. The van der Waals surface area contributed by atoms with Crippen LogP contribution in [-0.2, 0) is 21.1 Å². The molecule has 2 aromatic carbocycles. The van der Waals surface area contributed by atoms with Crippen molar-refractivity contribution in [3.05, 3.63) is 66.4 Å². The molecule has 0 bridgehead atoms. The highest BCUT2D eigenvalue weighted by Crippen LogP contribution is 2.31. The summed E-state index contributed by atoms with van der Waals surface area (Å²) >= 11 is 0. The minimum atomic E-state index is -3.29. The van der Waals surface area contributed by atoms with Crippen molar-refractivity contribution in [2.75, 3.05) is 18.9 Å². The first kappa shape index (κ1) is 21.9. The van der Waals surface area contributed by atoms with Crippen molar-refractivity contribution in [2.24, 2.45) is 0 Å². The van der Waals surface area contributed by atoms with E-state index in [1.807, 2.05) is 30.3 Å². The van der Waals surface area contributed by atoms with Gasteiger partial charge < -0.3 is 19.4 Å². The van der Waals surface area contributed by atoms with Gasteiger partial charge in [-0.15, -0.1) is 0 Å². The number of H-pyrrole nitrogens is 1. The Morgan fingerprint density at radius 3 is 2.62 bits per heavy atom. The number of hydrogen-bond acceptors (Lipinski definition) is 7. The fourth-order valence-electron chi connectivity index (χ4n) is 3.76. The van der Waals surface area contributed by atoms with E-state index in [1.165, 1.54) is 12.1 Å². The number of pyridine rings is 1. The van der Waals surface area contributed by atoms with Crippen LogP contribution in [0.4, 0.5) is 4.79 Å². The van der Waals surface area contributed by atoms with Crippen molar-refractivity contribution in [2.45, 2.75) is 18.4 Å². The number of fused-ring (bicyclic) bond motifs is 1. The molecule has 0 radical (unpaired) electrons. The van der Waals surface area contributed by atoms with Gasteiger partial charge in [0.25, 0.3) is 0 Å². The van der Waals surface area contributed by atoms with Gasteiger partial charge in [-0.1, -0.05) is 13.0 Å². The van der Waals surface area contributed by atoms with Gasteiger partial charge in [0.1, 0.15) is 23.8 Å². The van der Waals surface area contributed by atoms with E-state index in [2.05, 4.69) is 9.97 Å². The van der Waals surface area contributed by atoms with Crippen molar-refractivity contribution in [1.82, 2.24) is 19.9 Å². The van der Waals surface area contributed by atoms with Gasteiger partial charge in [0.15, 0.2) is 15.7 Å². The Balaban J connectivity index is 1.52. The third-order valence-electron chi connectivity index (χ3n) is 5.55. The van der Waals surface area contributed by atoms with Crippen LogP contribution in [0.1, 0.15) is 12.5 Å². The van der Waals surface area contributed by atoms with Crippen molar-refractivity contribution in [3.8, 4) is 23.0 Å². The molecule has 1 aliphatic heterocycles. The lowest BCUT2D eigenvalue weighted by atomic mass is 10.1. The molecule has 5 rings (SSSR count). The van der Waals surface area contributed by atoms with Gasteiger partial charge in [0.2, 0.25) is 0 Å². The second-order valence-electron chi connectivity index (χ2n) is 7.79. The number of cyclic esters (lactones) is 1. The van der Waals surface area contributed by atoms with Gasteiger partial charge in [-0.2, -0.15) is 0 Å². The molecule has 9 nitrogen and oxygen atoms in total. The summed E-state index contributed by atoms with van der Waals surface area (Å²) in [6.07, 6.45) is 1.33. The van der Waals surface area contributed by atoms with Crippen LogP contribution in [0.5, 0.6) is 11.5 Å². The molecular weight excluding hydrogens is 456 g/mol. The topological polar surface area (TPSA) is 114 Å². The maximum absolute atomic E-state index is 12.1. The molecule has 1 amide bonds. The minimum absolute atomic E-state index is 0.0323. The largest absolute Gasteiger partial charge is 0.457 e. The average molecular weight is 479 g/mol. The summed E-state index contributed by atoms with van der Waals surface area (Å²) in [6, 6.07) is 15.5.